The SMILES string of the molecule is C.C=CCOC(=O)CC(N)CC(C)C(=O)OCCCC(C)(C)C.CC(CC(=O)CC(C)C(=O)OCCCC(C)(C)C)C(=O)O.CC(CCC(=O)CC(C)C(=O)OCCCC(C)(C)C)C(=O)O.CC(NC(=O)CC(=O)ON1C(=O)CCC1=O)C(=O)OCCCC(C)(C)C.CC(NC(=O)CN1C(=O)C=CC1=O)C(=O)OCCCC(C)(C)C. The number of aliphatic carboxylic acids is 2. The molecule has 0 aromatic carbocycles. The first-order chi connectivity index (χ1) is 52.3. The maximum absolute atomic E-state index is 11.9. The molecule has 31 heteroatoms. The molecule has 0 bridgehead atoms. The second kappa shape index (κ2) is 57.3. The minimum absolute atomic E-state index is 0. The minimum atomic E-state index is -1.06. The number of esters is 6. The molecule has 6 amide bonds. The van der Waals surface area contributed by atoms with Crippen molar-refractivity contribution >= 4 is 101 Å². The van der Waals surface area contributed by atoms with E-state index in [1.165, 1.54) is 26.8 Å². The summed E-state index contributed by atoms with van der Waals surface area (Å²) in [6, 6.07) is -2.17. The van der Waals surface area contributed by atoms with Crippen LogP contribution in [0.5, 0.6) is 0 Å². The van der Waals surface area contributed by atoms with E-state index in [2.05, 4.69) is 126 Å². The number of nitrogens with zero attached hydrogens (tertiary/aromatic N) is 2. The fourth-order valence-electron chi connectivity index (χ4n) is 9.93. The van der Waals surface area contributed by atoms with Gasteiger partial charge in [-0.3, -0.25) is 72.0 Å². The first kappa shape index (κ1) is 113. The van der Waals surface area contributed by atoms with Gasteiger partial charge in [-0.05, 0) is 118 Å². The number of carboxylic acid groups (broad SMARTS) is 2. The van der Waals surface area contributed by atoms with E-state index in [1.807, 2.05) is 0 Å². The quantitative estimate of drug-likeness (QED) is 0.00944. The zero-order chi connectivity index (χ0) is 88.7. The van der Waals surface area contributed by atoms with Crippen LogP contribution in [-0.4, -0.2) is 185 Å². The molecule has 1 saturated heterocycles. The Morgan fingerprint density at radius 2 is 0.791 bits per heavy atom. The maximum atomic E-state index is 11.9. The average Bonchev–Trinajstić information content (AvgIpc) is 1.71. The third-order valence-corrected chi connectivity index (χ3v) is 16.7. The van der Waals surface area contributed by atoms with Gasteiger partial charge in [-0.2, -0.15) is 0 Å². The van der Waals surface area contributed by atoms with Crippen LogP contribution in [0.15, 0.2) is 24.8 Å². The highest BCUT2D eigenvalue weighted by molar-refractivity contribution is 6.14. The lowest BCUT2D eigenvalue weighted by Gasteiger charge is -2.19. The standard InChI is InChI=1S/C17H26N2O7.C17H31NO4.C17H30O5.C16H24N2O5.C16H28O5.CH4/c1-11(16(24)25-9-5-8-17(2,3)4)18-12(20)10-15(23)26-19-13(21)6-7-14(19)22;1-6-9-21-15(19)12-14(18)11-13(2)16(20)22-10-7-8-17(3,4)5;1-12(15(19)20)7-8-14(18)11-13(2)16(21)22-10-6-9-17(3,4)5;1-11(15(22)23-9-5-8-16(2,3)4)17-12(19)10-18-13(20)6-7-14(18)21;1-11(14(18)19)9-13(17)10-12(2)15(20)21-8-6-7-16(3,4)5;/h11H,5-10H2,1-4H3,(H,18,20);6,13-14H,1,7-12,18H2,2-5H3;12-13H,6-11H2,1-5H3,(H,19,20);6-7,11H,5,8-10H2,1-4H3,(H,17,19);11-12H,6-10H2,1-5H3,(H,18,19);1H4. The van der Waals surface area contributed by atoms with Gasteiger partial charge in [0.2, 0.25) is 11.8 Å². The van der Waals surface area contributed by atoms with Crippen LogP contribution < -0.4 is 16.4 Å². The molecule has 6 N–H and O–H groups in total. The number of rotatable bonds is 44. The minimum Gasteiger partial charge on any atom is -0.481 e. The number of carboxylic acids is 2. The Bertz CT molecular complexity index is 3130. The van der Waals surface area contributed by atoms with E-state index in [4.69, 9.17) is 44.4 Å². The number of nitrogens with two attached hydrogens (primary N) is 1. The predicted molar refractivity (Wildman–Crippen MR) is 430 cm³/mol. The lowest BCUT2D eigenvalue weighted by Crippen LogP contribution is -2.46. The number of hydrogen-bond acceptors (Lipinski definition) is 25. The summed E-state index contributed by atoms with van der Waals surface area (Å²) in [5, 5.41) is 22.6. The van der Waals surface area contributed by atoms with Crippen LogP contribution in [0, 0.1) is 56.7 Å². The summed E-state index contributed by atoms with van der Waals surface area (Å²) in [5.74, 6) is -12.1. The van der Waals surface area contributed by atoms with E-state index in [1.54, 1.807) is 27.7 Å². The van der Waals surface area contributed by atoms with Crippen molar-refractivity contribution in [3.8, 4) is 0 Å². The van der Waals surface area contributed by atoms with Crippen LogP contribution in [0.1, 0.15) is 288 Å². The van der Waals surface area contributed by atoms with Gasteiger partial charge in [-0.15, -0.1) is 5.06 Å². The highest BCUT2D eigenvalue weighted by atomic mass is 16.7. The fourth-order valence-corrected chi connectivity index (χ4v) is 9.93. The molecule has 2 rings (SSSR count). The van der Waals surface area contributed by atoms with Gasteiger partial charge in [0.25, 0.3) is 23.6 Å². The second-order valence-corrected chi connectivity index (χ2v) is 35.1. The van der Waals surface area contributed by atoms with Gasteiger partial charge in [0.15, 0.2) is 0 Å². The normalized spacial score (nSPS) is 14.7. The van der Waals surface area contributed by atoms with Crippen molar-refractivity contribution in [3.05, 3.63) is 24.8 Å². The van der Waals surface area contributed by atoms with Crippen LogP contribution in [0.25, 0.3) is 0 Å². The van der Waals surface area contributed by atoms with E-state index in [9.17, 15) is 81.5 Å². The molecule has 2 heterocycles. The van der Waals surface area contributed by atoms with Crippen LogP contribution in [-0.2, 0) is 115 Å². The van der Waals surface area contributed by atoms with Gasteiger partial charge in [-0.25, -0.2) is 14.4 Å². The van der Waals surface area contributed by atoms with Gasteiger partial charge in [0.05, 0.1) is 69.0 Å². The zero-order valence-corrected chi connectivity index (χ0v) is 72.3. The number of amides is 6. The Balaban J connectivity index is -0.000000670. The summed E-state index contributed by atoms with van der Waals surface area (Å²) in [7, 11) is 0. The fraction of sp³-hybridized carbons (Fsp3) is 0.750. The number of hydroxylamine groups is 2. The zero-order valence-electron chi connectivity index (χ0n) is 72.3. The molecule has 2 aliphatic rings. The molecule has 31 nitrogen and oxygen atoms in total. The molecule has 115 heavy (non-hydrogen) atoms. The summed E-state index contributed by atoms with van der Waals surface area (Å²) < 4.78 is 30.6. The third kappa shape index (κ3) is 62.2. The van der Waals surface area contributed by atoms with E-state index in [-0.39, 0.29) is 134 Å². The van der Waals surface area contributed by atoms with Gasteiger partial charge in [0, 0.05) is 56.7 Å². The largest absolute Gasteiger partial charge is 0.481 e. The molecule has 8 atom stereocenters. The van der Waals surface area contributed by atoms with E-state index in [0.29, 0.717) is 50.8 Å². The number of carbonyl (C=O) groups excluding carboxylic acids is 15. The second-order valence-electron chi connectivity index (χ2n) is 35.1. The van der Waals surface area contributed by atoms with E-state index in [0.717, 1.165) is 74.8 Å². The van der Waals surface area contributed by atoms with Crippen LogP contribution in [0.3, 0.4) is 0 Å². The van der Waals surface area contributed by atoms with E-state index >= 15 is 0 Å². The van der Waals surface area contributed by atoms with Crippen molar-refractivity contribution in [3.63, 3.8) is 0 Å². The number of imide groups is 2. The molecule has 0 spiro atoms. The summed E-state index contributed by atoms with van der Waals surface area (Å²) in [5.41, 5.74) is 6.85. The smallest absolute Gasteiger partial charge is 0.342 e. The average molecular weight is 1640 g/mol. The monoisotopic (exact) mass is 1640 g/mol. The van der Waals surface area contributed by atoms with Crippen molar-refractivity contribution in [1.29, 1.82) is 0 Å². The lowest BCUT2D eigenvalue weighted by molar-refractivity contribution is -0.197. The van der Waals surface area contributed by atoms with Crippen LogP contribution in [0.4, 0.5) is 0 Å². The lowest BCUT2D eigenvalue weighted by atomic mass is 9.91. The molecule has 0 radical (unpaired) electrons. The summed E-state index contributed by atoms with van der Waals surface area (Å²) >= 11 is 0. The molecule has 0 aromatic heterocycles. The Kier molecular flexibility index (Phi) is 56.1. The summed E-state index contributed by atoms with van der Waals surface area (Å²) in [6.07, 6.45) is 12.7. The predicted octanol–water partition coefficient (Wildman–Crippen LogP) is 11.6. The van der Waals surface area contributed by atoms with Crippen molar-refractivity contribution in [2.45, 2.75) is 306 Å². The van der Waals surface area contributed by atoms with Crippen molar-refractivity contribution in [2.24, 2.45) is 62.4 Å². The molecule has 0 saturated carbocycles. The number of hydrogen-bond donors (Lipinski definition) is 5. The van der Waals surface area contributed by atoms with Crippen molar-refractivity contribution in [2.75, 3.05) is 46.2 Å². The molecule has 8 unspecified atom stereocenters. The van der Waals surface area contributed by atoms with E-state index < -0.39 is 120 Å². The Labute approximate surface area is 683 Å². The molecule has 1 fully saturated rings. The van der Waals surface area contributed by atoms with Crippen molar-refractivity contribution < 1.29 is 125 Å². The molecular weight excluding hydrogens is 1490 g/mol. The summed E-state index contributed by atoms with van der Waals surface area (Å²) in [4.78, 5) is 201. The summed E-state index contributed by atoms with van der Waals surface area (Å²) in [6.45, 7) is 47.8. The molecule has 2 aliphatic heterocycles. The van der Waals surface area contributed by atoms with Gasteiger partial charge in [-0.1, -0.05) is 159 Å². The number of carbonyl (C=O) groups is 17. The Morgan fingerprint density at radius 1 is 0.461 bits per heavy atom. The van der Waals surface area contributed by atoms with Crippen LogP contribution in [0.2, 0.25) is 0 Å². The number of ketones is 2. The highest BCUT2D eigenvalue weighted by Crippen LogP contribution is 2.25. The van der Waals surface area contributed by atoms with Crippen molar-refractivity contribution in [1.82, 2.24) is 20.6 Å². The van der Waals surface area contributed by atoms with Gasteiger partial charge in [0.1, 0.15) is 43.2 Å². The Hall–Kier alpha value is -8.77. The van der Waals surface area contributed by atoms with Crippen LogP contribution >= 0.6 is 0 Å². The molecule has 660 valence electrons. The Morgan fingerprint density at radius 3 is 1.14 bits per heavy atom. The van der Waals surface area contributed by atoms with Gasteiger partial charge < -0.3 is 59.8 Å². The number of nitrogens with one attached hydrogen (secondary N) is 2. The van der Waals surface area contributed by atoms with Gasteiger partial charge >= 0.3 is 53.7 Å². The third-order valence-electron chi connectivity index (χ3n) is 16.7. The first-order valence-electron chi connectivity index (χ1n) is 39.3. The number of Topliss-reactive ketones (excluding diaryl/α,β-unsaturated/α-hetero) is 2. The molecule has 0 aliphatic carbocycles. The molecular formula is C84H143N5O26. The number of ether oxygens (including phenoxy) is 6. The molecule has 0 aromatic rings. The topological polar surface area (TPSA) is 452 Å². The first-order valence-corrected chi connectivity index (χ1v) is 39.3. The highest BCUT2D eigenvalue weighted by Gasteiger charge is 2.34. The maximum Gasteiger partial charge on any atom is 0.342 e.